The van der Waals surface area contributed by atoms with Gasteiger partial charge in [-0.25, -0.2) is 0 Å². The van der Waals surface area contributed by atoms with E-state index in [0.29, 0.717) is 6.61 Å². The first kappa shape index (κ1) is 11.5. The summed E-state index contributed by atoms with van der Waals surface area (Å²) in [7, 11) is 0. The highest BCUT2D eigenvalue weighted by Gasteiger charge is 2.29. The zero-order chi connectivity index (χ0) is 10.6. The van der Waals surface area contributed by atoms with E-state index in [-0.39, 0.29) is 17.6 Å². The van der Waals surface area contributed by atoms with Gasteiger partial charge in [0.2, 0.25) is 0 Å². The van der Waals surface area contributed by atoms with E-state index in [1.54, 1.807) is 0 Å². The van der Waals surface area contributed by atoms with Gasteiger partial charge in [-0.05, 0) is 31.5 Å². The second kappa shape index (κ2) is 4.81. The van der Waals surface area contributed by atoms with Crippen LogP contribution in [0.2, 0.25) is 0 Å². The van der Waals surface area contributed by atoms with Gasteiger partial charge in [0.15, 0.2) is 0 Å². The van der Waals surface area contributed by atoms with Crippen molar-refractivity contribution in [2.24, 2.45) is 0 Å². The maximum atomic E-state index is 11.2. The zero-order valence-corrected chi connectivity index (χ0v) is 9.98. The van der Waals surface area contributed by atoms with Crippen LogP contribution >= 0.6 is 15.9 Å². The predicted octanol–water partition coefficient (Wildman–Crippen LogP) is 1.42. The molecule has 4 heteroatoms. The van der Waals surface area contributed by atoms with Crippen molar-refractivity contribution in [2.75, 3.05) is 6.61 Å². The van der Waals surface area contributed by atoms with Crippen LogP contribution in [0.4, 0.5) is 0 Å². The number of nitrogens with one attached hydrogen (secondary N) is 1. The van der Waals surface area contributed by atoms with Gasteiger partial charge in [-0.3, -0.25) is 4.79 Å². The molecule has 1 fully saturated rings. The summed E-state index contributed by atoms with van der Waals surface area (Å²) in [5, 5.41) is 2.85. The Morgan fingerprint density at radius 2 is 2.36 bits per heavy atom. The molecule has 0 saturated carbocycles. The molecule has 1 heterocycles. The maximum Gasteiger partial charge on any atom is 0.296 e. The van der Waals surface area contributed by atoms with Crippen molar-refractivity contribution in [1.82, 2.24) is 5.32 Å². The first-order chi connectivity index (χ1) is 6.53. The van der Waals surface area contributed by atoms with Crippen LogP contribution in [-0.4, -0.2) is 24.2 Å². The predicted molar refractivity (Wildman–Crippen MR) is 57.9 cm³/mol. The Labute approximate surface area is 92.7 Å². The van der Waals surface area contributed by atoms with Crippen molar-refractivity contribution in [2.45, 2.75) is 38.3 Å². The van der Waals surface area contributed by atoms with Crippen molar-refractivity contribution in [1.29, 1.82) is 0 Å². The highest BCUT2D eigenvalue weighted by Crippen LogP contribution is 2.23. The van der Waals surface area contributed by atoms with Crippen molar-refractivity contribution < 1.29 is 9.53 Å². The normalized spacial score (nSPS) is 24.6. The SMILES string of the molecule is CC1(C)CC(NC(=O)C#CBr)CCO1. The van der Waals surface area contributed by atoms with Gasteiger partial charge in [-0.15, -0.1) is 0 Å². The summed E-state index contributed by atoms with van der Waals surface area (Å²) in [6, 6.07) is 0.180. The molecule has 0 bridgehead atoms. The van der Waals surface area contributed by atoms with Crippen LogP contribution in [0.3, 0.4) is 0 Å². The molecule has 78 valence electrons. The summed E-state index contributed by atoms with van der Waals surface area (Å²) < 4.78 is 5.54. The molecule has 1 rings (SSSR count). The molecule has 1 amide bonds. The number of carbonyl (C=O) groups excluding carboxylic acids is 1. The molecule has 0 spiro atoms. The zero-order valence-electron chi connectivity index (χ0n) is 8.39. The third kappa shape index (κ3) is 3.69. The van der Waals surface area contributed by atoms with E-state index in [0.717, 1.165) is 12.8 Å². The van der Waals surface area contributed by atoms with Gasteiger partial charge in [0, 0.05) is 34.5 Å². The lowest BCUT2D eigenvalue weighted by molar-refractivity contribution is -0.118. The van der Waals surface area contributed by atoms with Crippen molar-refractivity contribution >= 4 is 21.8 Å². The molecule has 0 aromatic heterocycles. The molecule has 0 aromatic rings. The fraction of sp³-hybridized carbons (Fsp3) is 0.700. The molecular weight excluding hydrogens is 246 g/mol. The molecule has 1 atom stereocenters. The quantitative estimate of drug-likeness (QED) is 0.724. The van der Waals surface area contributed by atoms with Crippen LogP contribution in [-0.2, 0) is 9.53 Å². The van der Waals surface area contributed by atoms with Crippen molar-refractivity contribution in [3.05, 3.63) is 0 Å². The topological polar surface area (TPSA) is 38.3 Å². The van der Waals surface area contributed by atoms with Gasteiger partial charge in [0.05, 0.1) is 5.60 Å². The van der Waals surface area contributed by atoms with Gasteiger partial charge >= 0.3 is 0 Å². The Balaban J connectivity index is 2.44. The molecule has 3 nitrogen and oxygen atoms in total. The summed E-state index contributed by atoms with van der Waals surface area (Å²) in [5.41, 5.74) is -0.141. The average molecular weight is 260 g/mol. The number of hydrogen-bond donors (Lipinski definition) is 1. The van der Waals surface area contributed by atoms with E-state index in [1.807, 2.05) is 13.8 Å². The first-order valence-electron chi connectivity index (χ1n) is 4.59. The Hall–Kier alpha value is -0.530. The minimum Gasteiger partial charge on any atom is -0.375 e. The van der Waals surface area contributed by atoms with E-state index in [1.165, 1.54) is 0 Å². The van der Waals surface area contributed by atoms with Gasteiger partial charge in [-0.2, -0.15) is 0 Å². The van der Waals surface area contributed by atoms with E-state index >= 15 is 0 Å². The first-order valence-corrected chi connectivity index (χ1v) is 5.39. The Kier molecular flexibility index (Phi) is 3.97. The molecule has 14 heavy (non-hydrogen) atoms. The molecule has 0 radical (unpaired) electrons. The molecular formula is C10H14BrNO2. The number of hydrogen-bond acceptors (Lipinski definition) is 2. The van der Waals surface area contributed by atoms with Crippen LogP contribution < -0.4 is 5.32 Å². The second-order valence-electron chi connectivity index (χ2n) is 3.99. The molecule has 0 aromatic carbocycles. The monoisotopic (exact) mass is 259 g/mol. The van der Waals surface area contributed by atoms with Gasteiger partial charge < -0.3 is 10.1 Å². The summed E-state index contributed by atoms with van der Waals surface area (Å²) >= 11 is 2.89. The second-order valence-corrected chi connectivity index (χ2v) is 4.39. The van der Waals surface area contributed by atoms with E-state index in [4.69, 9.17) is 4.74 Å². The Bertz CT molecular complexity index is 278. The van der Waals surface area contributed by atoms with Gasteiger partial charge in [-0.1, -0.05) is 0 Å². The minimum absolute atomic E-state index is 0.141. The lowest BCUT2D eigenvalue weighted by atomic mass is 9.94. The molecule has 0 aliphatic carbocycles. The summed E-state index contributed by atoms with van der Waals surface area (Å²) in [6.45, 7) is 4.75. The van der Waals surface area contributed by atoms with E-state index in [2.05, 4.69) is 32.0 Å². The average Bonchev–Trinajstić information content (AvgIpc) is 2.02. The van der Waals surface area contributed by atoms with E-state index < -0.39 is 0 Å². The van der Waals surface area contributed by atoms with E-state index in [9.17, 15) is 4.79 Å². The third-order valence-corrected chi connectivity index (χ3v) is 2.39. The largest absolute Gasteiger partial charge is 0.375 e. The molecule has 1 unspecified atom stereocenters. The van der Waals surface area contributed by atoms with Gasteiger partial charge in [0.1, 0.15) is 0 Å². The van der Waals surface area contributed by atoms with Crippen LogP contribution in [0.15, 0.2) is 0 Å². The number of halogens is 1. The molecule has 1 saturated heterocycles. The summed E-state index contributed by atoms with van der Waals surface area (Å²) in [4.78, 5) is 13.6. The van der Waals surface area contributed by atoms with Crippen LogP contribution in [0.1, 0.15) is 26.7 Å². The number of carbonyl (C=O) groups is 1. The van der Waals surface area contributed by atoms with Crippen molar-refractivity contribution in [3.63, 3.8) is 0 Å². The molecule has 1 aliphatic rings. The standard InChI is InChI=1S/C10H14BrNO2/c1-10(2)7-8(4-6-14-10)12-9(13)3-5-11/h8H,4,6-7H2,1-2H3,(H,12,13). The fourth-order valence-electron chi connectivity index (χ4n) is 1.62. The number of amides is 1. The fourth-order valence-corrected chi connectivity index (χ4v) is 1.80. The Morgan fingerprint density at radius 1 is 1.64 bits per heavy atom. The summed E-state index contributed by atoms with van der Waals surface area (Å²) in [5.74, 6) is 2.16. The number of rotatable bonds is 1. The lowest BCUT2D eigenvalue weighted by Crippen LogP contribution is -2.45. The summed E-state index contributed by atoms with van der Waals surface area (Å²) in [6.07, 6.45) is 1.70. The smallest absolute Gasteiger partial charge is 0.296 e. The van der Waals surface area contributed by atoms with Crippen LogP contribution in [0.25, 0.3) is 0 Å². The van der Waals surface area contributed by atoms with Crippen LogP contribution in [0.5, 0.6) is 0 Å². The highest BCUT2D eigenvalue weighted by molar-refractivity contribution is 9.12. The minimum atomic E-state index is -0.232. The third-order valence-electron chi connectivity index (χ3n) is 2.19. The Morgan fingerprint density at radius 3 is 2.93 bits per heavy atom. The van der Waals surface area contributed by atoms with Crippen molar-refractivity contribution in [3.8, 4) is 10.8 Å². The lowest BCUT2D eigenvalue weighted by Gasteiger charge is -2.35. The molecule has 1 aliphatic heterocycles. The maximum absolute atomic E-state index is 11.2. The molecule has 1 N–H and O–H groups in total. The number of ether oxygens (including phenoxy) is 1. The van der Waals surface area contributed by atoms with Crippen LogP contribution in [0, 0.1) is 10.8 Å². The highest BCUT2D eigenvalue weighted by atomic mass is 79.9. The van der Waals surface area contributed by atoms with Gasteiger partial charge in [0.25, 0.3) is 5.91 Å².